The van der Waals surface area contributed by atoms with Crippen LogP contribution in [0.3, 0.4) is 0 Å². The molecular formula is C20H30O4. The maximum absolute atomic E-state index is 10.2. The number of hydrogen-bond acceptors (Lipinski definition) is 4. The molecule has 0 radical (unpaired) electrons. The van der Waals surface area contributed by atoms with Gasteiger partial charge in [0.15, 0.2) is 11.5 Å². The largest absolute Gasteiger partial charge is 0.507 e. The number of benzene rings is 2. The zero-order chi connectivity index (χ0) is 19.0. The molecule has 0 aliphatic heterocycles. The summed E-state index contributed by atoms with van der Waals surface area (Å²) in [7, 11) is 0. The molecule has 3 N–H and O–H groups in total. The van der Waals surface area contributed by atoms with Gasteiger partial charge < -0.3 is 20.1 Å². The van der Waals surface area contributed by atoms with Crippen LogP contribution in [-0.2, 0) is 4.79 Å². The number of rotatable bonds is 1. The first-order chi connectivity index (χ1) is 11.2. The topological polar surface area (TPSA) is 77.8 Å². The summed E-state index contributed by atoms with van der Waals surface area (Å²) < 4.78 is 0. The third-order valence-electron chi connectivity index (χ3n) is 3.50. The number of phenolic OH excluding ortho intramolecular Hbond substituents is 3. The molecule has 0 atom stereocenters. The number of aryl methyl sites for hydroxylation is 1. The highest BCUT2D eigenvalue weighted by Crippen LogP contribution is 2.44. The second kappa shape index (κ2) is 9.81. The Hall–Kier alpha value is -2.23. The van der Waals surface area contributed by atoms with Crippen LogP contribution in [-0.4, -0.2) is 21.6 Å². The van der Waals surface area contributed by atoms with Crippen molar-refractivity contribution in [1.82, 2.24) is 0 Å². The van der Waals surface area contributed by atoms with Crippen molar-refractivity contribution in [3.8, 4) is 17.2 Å². The fraction of sp³-hybridized carbons (Fsp3) is 0.450. The van der Waals surface area contributed by atoms with E-state index in [4.69, 9.17) is 4.79 Å². The minimum atomic E-state index is -0.190. The Labute approximate surface area is 144 Å². The molecule has 0 aromatic heterocycles. The molecule has 0 bridgehead atoms. The highest BCUT2D eigenvalue weighted by atomic mass is 16.3. The second-order valence-electron chi connectivity index (χ2n) is 6.02. The zero-order valence-corrected chi connectivity index (χ0v) is 15.8. The van der Waals surface area contributed by atoms with Crippen molar-refractivity contribution in [3.05, 3.63) is 28.8 Å². The van der Waals surface area contributed by atoms with Gasteiger partial charge in [0, 0.05) is 10.9 Å². The molecule has 0 saturated heterocycles. The monoisotopic (exact) mass is 334 g/mol. The molecule has 2 aromatic carbocycles. The molecule has 0 amide bonds. The predicted octanol–water partition coefficient (Wildman–Crippen LogP) is 5.32. The van der Waals surface area contributed by atoms with Gasteiger partial charge in [0.1, 0.15) is 12.0 Å². The number of aldehydes is 1. The lowest BCUT2D eigenvalue weighted by atomic mass is 9.91. The second-order valence-corrected chi connectivity index (χ2v) is 6.02. The van der Waals surface area contributed by atoms with Crippen molar-refractivity contribution in [3.63, 3.8) is 0 Å². The summed E-state index contributed by atoms with van der Waals surface area (Å²) in [6.07, 6.45) is 2.00. The van der Waals surface area contributed by atoms with Crippen molar-refractivity contribution in [2.45, 2.75) is 60.8 Å². The first-order valence-electron chi connectivity index (χ1n) is 8.25. The van der Waals surface area contributed by atoms with Gasteiger partial charge in [-0.2, -0.15) is 0 Å². The maximum atomic E-state index is 10.2. The smallest absolute Gasteiger partial charge is 0.161 e. The first-order valence-corrected chi connectivity index (χ1v) is 8.25. The van der Waals surface area contributed by atoms with E-state index in [1.807, 2.05) is 33.8 Å². The van der Waals surface area contributed by atoms with E-state index < -0.39 is 0 Å². The Morgan fingerprint density at radius 2 is 1.46 bits per heavy atom. The normalized spacial score (nSPS) is 9.83. The van der Waals surface area contributed by atoms with Gasteiger partial charge >= 0.3 is 0 Å². The van der Waals surface area contributed by atoms with E-state index in [1.165, 1.54) is 19.4 Å². The highest BCUT2D eigenvalue weighted by molar-refractivity contribution is 5.96. The molecule has 0 heterocycles. The molecule has 0 fully saturated rings. The lowest BCUT2D eigenvalue weighted by Gasteiger charge is -2.16. The van der Waals surface area contributed by atoms with Gasteiger partial charge in [-0.1, -0.05) is 40.2 Å². The Morgan fingerprint density at radius 3 is 1.88 bits per heavy atom. The van der Waals surface area contributed by atoms with Gasteiger partial charge in [-0.3, -0.25) is 0 Å². The van der Waals surface area contributed by atoms with E-state index >= 15 is 0 Å². The Kier molecular flexibility index (Phi) is 8.90. The Morgan fingerprint density at radius 1 is 1.00 bits per heavy atom. The van der Waals surface area contributed by atoms with Gasteiger partial charge in [-0.25, -0.2) is 0 Å². The minimum Gasteiger partial charge on any atom is -0.507 e. The van der Waals surface area contributed by atoms with Crippen LogP contribution in [0.1, 0.15) is 63.6 Å². The molecule has 0 aliphatic rings. The van der Waals surface area contributed by atoms with Crippen molar-refractivity contribution in [2.24, 2.45) is 0 Å². The van der Waals surface area contributed by atoms with Gasteiger partial charge in [0.05, 0.1) is 0 Å². The molecule has 2 aromatic rings. The third-order valence-corrected chi connectivity index (χ3v) is 3.50. The highest BCUT2D eigenvalue weighted by Gasteiger charge is 2.18. The maximum Gasteiger partial charge on any atom is 0.161 e. The lowest BCUT2D eigenvalue weighted by Crippen LogP contribution is -1.94. The number of aromatic hydroxyl groups is 3. The van der Waals surface area contributed by atoms with E-state index in [1.54, 1.807) is 0 Å². The molecule has 134 valence electrons. The van der Waals surface area contributed by atoms with Gasteiger partial charge in [0.25, 0.3) is 0 Å². The summed E-state index contributed by atoms with van der Waals surface area (Å²) >= 11 is 0. The van der Waals surface area contributed by atoms with Crippen LogP contribution in [0.5, 0.6) is 17.2 Å². The standard InChI is InChI=1S/C15H18O3.C3H8.C2H4O/c1-7(2)13-10-5-8(3)9(4)14(17)11(10)6-12(16)15(13)18;1-3-2;1-2-3/h5-7,16-18H,1-4H3;3H2,1-2H3;2H,1H3. The summed E-state index contributed by atoms with van der Waals surface area (Å²) in [4.78, 5) is 8.81. The van der Waals surface area contributed by atoms with Crippen molar-refractivity contribution in [1.29, 1.82) is 0 Å². The van der Waals surface area contributed by atoms with Crippen LogP contribution in [0.25, 0.3) is 10.8 Å². The molecular weight excluding hydrogens is 304 g/mol. The minimum absolute atomic E-state index is 0.0566. The number of phenols is 3. The Bertz CT molecular complexity index is 688. The summed E-state index contributed by atoms with van der Waals surface area (Å²) in [5.74, 6) is -0.0618. The third kappa shape index (κ3) is 4.88. The van der Waals surface area contributed by atoms with Crippen LogP contribution in [0, 0.1) is 13.8 Å². The van der Waals surface area contributed by atoms with Crippen molar-refractivity contribution < 1.29 is 20.1 Å². The van der Waals surface area contributed by atoms with Gasteiger partial charge in [-0.15, -0.1) is 0 Å². The molecule has 0 aliphatic carbocycles. The summed E-state index contributed by atoms with van der Waals surface area (Å²) in [5, 5.41) is 31.3. The molecule has 2 rings (SSSR count). The van der Waals surface area contributed by atoms with E-state index in [9.17, 15) is 15.3 Å². The Balaban J connectivity index is 0.000000772. The summed E-state index contributed by atoms with van der Waals surface area (Å²) in [6, 6.07) is 3.36. The molecule has 0 spiro atoms. The lowest BCUT2D eigenvalue weighted by molar-refractivity contribution is -0.106. The molecule has 0 saturated carbocycles. The number of fused-ring (bicyclic) bond motifs is 1. The van der Waals surface area contributed by atoms with E-state index in [0.717, 1.165) is 22.8 Å². The summed E-state index contributed by atoms with van der Waals surface area (Å²) in [5.41, 5.74) is 2.43. The zero-order valence-electron chi connectivity index (χ0n) is 15.8. The van der Waals surface area contributed by atoms with Crippen LogP contribution >= 0.6 is 0 Å². The van der Waals surface area contributed by atoms with Crippen LogP contribution in [0.4, 0.5) is 0 Å². The van der Waals surface area contributed by atoms with Crippen LogP contribution < -0.4 is 0 Å². The van der Waals surface area contributed by atoms with Crippen LogP contribution in [0.2, 0.25) is 0 Å². The molecule has 4 nitrogen and oxygen atoms in total. The van der Waals surface area contributed by atoms with E-state index in [0.29, 0.717) is 10.9 Å². The predicted molar refractivity (Wildman–Crippen MR) is 100 cm³/mol. The van der Waals surface area contributed by atoms with E-state index in [-0.39, 0.29) is 23.2 Å². The average molecular weight is 334 g/mol. The summed E-state index contributed by atoms with van der Waals surface area (Å²) in [6.45, 7) is 13.3. The molecule has 4 heteroatoms. The van der Waals surface area contributed by atoms with Crippen molar-refractivity contribution >= 4 is 17.1 Å². The van der Waals surface area contributed by atoms with E-state index in [2.05, 4.69) is 13.8 Å². The molecule has 0 unspecified atom stereocenters. The average Bonchev–Trinajstić information content (AvgIpc) is 2.49. The van der Waals surface area contributed by atoms with Gasteiger partial charge in [0.2, 0.25) is 0 Å². The SMILES string of the molecule is CC=O.CCC.Cc1cc2c(C(C)C)c(O)c(O)cc2c(O)c1C. The first kappa shape index (κ1) is 21.8. The number of hydrogen-bond donors (Lipinski definition) is 3. The molecule has 24 heavy (non-hydrogen) atoms. The fourth-order valence-corrected chi connectivity index (χ4v) is 2.34. The quantitative estimate of drug-likeness (QED) is 0.487. The fourth-order valence-electron chi connectivity index (χ4n) is 2.34. The van der Waals surface area contributed by atoms with Crippen molar-refractivity contribution in [2.75, 3.05) is 0 Å². The number of carbonyl (C=O) groups excluding carboxylic acids is 1. The number of carbonyl (C=O) groups is 1. The van der Waals surface area contributed by atoms with Gasteiger partial charge in [-0.05, 0) is 49.3 Å². The van der Waals surface area contributed by atoms with Crippen LogP contribution in [0.15, 0.2) is 12.1 Å².